The van der Waals surface area contributed by atoms with Gasteiger partial charge in [-0.2, -0.15) is 0 Å². The van der Waals surface area contributed by atoms with Crippen molar-refractivity contribution in [2.24, 2.45) is 0 Å². The Morgan fingerprint density at radius 1 is 1.17 bits per heavy atom. The van der Waals surface area contributed by atoms with Crippen LogP contribution in [0.5, 0.6) is 5.75 Å². The van der Waals surface area contributed by atoms with E-state index in [0.29, 0.717) is 32.5 Å². The van der Waals surface area contributed by atoms with Gasteiger partial charge in [0.15, 0.2) is 0 Å². The number of hydrogen-bond acceptors (Lipinski definition) is 4. The van der Waals surface area contributed by atoms with Gasteiger partial charge in [0.1, 0.15) is 23.8 Å². The van der Waals surface area contributed by atoms with Gasteiger partial charge in [0.25, 0.3) is 0 Å². The number of carbonyl (C=O) groups is 1. The Bertz CT molecular complexity index is 831. The molecule has 2 N–H and O–H groups in total. The number of halogens is 1. The van der Waals surface area contributed by atoms with Crippen molar-refractivity contribution in [2.75, 3.05) is 26.2 Å². The second kappa shape index (κ2) is 9.37. The predicted octanol–water partition coefficient (Wildman–Crippen LogP) is 2.96. The minimum Gasteiger partial charge on any atom is -0.490 e. The maximum atomic E-state index is 12.9. The standard InChI is InChI=1S/C23H29FN2O3/c1-17-3-8-21(18(2)13-17)29-16-23(28)9-11-26(12-10-23)15-22(27)25-14-19-4-6-20(24)7-5-19/h3-8,13,28H,9-12,14-16H2,1-2H3,(H,25,27). The lowest BCUT2D eigenvalue weighted by Crippen LogP contribution is -2.50. The van der Waals surface area contributed by atoms with E-state index in [9.17, 15) is 14.3 Å². The highest BCUT2D eigenvalue weighted by atomic mass is 19.1. The van der Waals surface area contributed by atoms with Gasteiger partial charge < -0.3 is 15.2 Å². The summed E-state index contributed by atoms with van der Waals surface area (Å²) in [5.74, 6) is 0.431. The number of benzene rings is 2. The molecule has 1 saturated heterocycles. The van der Waals surface area contributed by atoms with Crippen LogP contribution in [0.1, 0.15) is 29.5 Å². The molecule has 1 aliphatic heterocycles. The van der Waals surface area contributed by atoms with E-state index in [2.05, 4.69) is 11.4 Å². The Morgan fingerprint density at radius 3 is 2.52 bits per heavy atom. The van der Waals surface area contributed by atoms with Crippen molar-refractivity contribution >= 4 is 5.91 Å². The van der Waals surface area contributed by atoms with Gasteiger partial charge in [0, 0.05) is 19.6 Å². The first-order valence-corrected chi connectivity index (χ1v) is 9.99. The lowest BCUT2D eigenvalue weighted by atomic mass is 9.92. The van der Waals surface area contributed by atoms with E-state index < -0.39 is 5.60 Å². The number of amides is 1. The topological polar surface area (TPSA) is 61.8 Å². The molecule has 0 radical (unpaired) electrons. The summed E-state index contributed by atoms with van der Waals surface area (Å²) in [6.45, 7) is 6.22. The fourth-order valence-electron chi connectivity index (χ4n) is 3.51. The van der Waals surface area contributed by atoms with Crippen LogP contribution in [0.4, 0.5) is 4.39 Å². The zero-order valence-electron chi connectivity index (χ0n) is 17.1. The molecule has 3 rings (SSSR count). The third-order valence-electron chi connectivity index (χ3n) is 5.38. The number of aliphatic hydroxyl groups is 1. The van der Waals surface area contributed by atoms with Crippen LogP contribution in [0.15, 0.2) is 42.5 Å². The first-order valence-electron chi connectivity index (χ1n) is 9.99. The second-order valence-corrected chi connectivity index (χ2v) is 7.96. The van der Waals surface area contributed by atoms with E-state index in [-0.39, 0.29) is 24.9 Å². The van der Waals surface area contributed by atoms with E-state index in [1.165, 1.54) is 17.7 Å². The van der Waals surface area contributed by atoms with Crippen molar-refractivity contribution in [1.29, 1.82) is 0 Å². The highest BCUT2D eigenvalue weighted by Gasteiger charge is 2.33. The number of nitrogens with one attached hydrogen (secondary N) is 1. The zero-order chi connectivity index (χ0) is 20.9. The molecule has 5 nitrogen and oxygen atoms in total. The molecule has 1 heterocycles. The maximum absolute atomic E-state index is 12.9. The third kappa shape index (κ3) is 6.27. The molecule has 0 atom stereocenters. The van der Waals surface area contributed by atoms with E-state index >= 15 is 0 Å². The Balaban J connectivity index is 1.40. The molecule has 0 saturated carbocycles. The molecule has 156 valence electrons. The van der Waals surface area contributed by atoms with E-state index in [1.807, 2.05) is 30.9 Å². The summed E-state index contributed by atoms with van der Waals surface area (Å²) >= 11 is 0. The van der Waals surface area contributed by atoms with Crippen LogP contribution in [0.3, 0.4) is 0 Å². The largest absolute Gasteiger partial charge is 0.490 e. The quantitative estimate of drug-likeness (QED) is 0.750. The third-order valence-corrected chi connectivity index (χ3v) is 5.38. The molecule has 29 heavy (non-hydrogen) atoms. The van der Waals surface area contributed by atoms with Crippen LogP contribution in [-0.4, -0.2) is 47.8 Å². The Labute approximate surface area is 171 Å². The molecule has 1 aliphatic rings. The Kier molecular flexibility index (Phi) is 6.87. The highest BCUT2D eigenvalue weighted by Crippen LogP contribution is 2.25. The molecular formula is C23H29FN2O3. The van der Waals surface area contributed by atoms with Crippen molar-refractivity contribution in [2.45, 2.75) is 38.8 Å². The van der Waals surface area contributed by atoms with Crippen molar-refractivity contribution in [3.63, 3.8) is 0 Å². The number of hydrogen-bond donors (Lipinski definition) is 2. The average molecular weight is 400 g/mol. The average Bonchev–Trinajstić information content (AvgIpc) is 2.69. The van der Waals surface area contributed by atoms with Crippen LogP contribution < -0.4 is 10.1 Å². The van der Waals surface area contributed by atoms with Crippen LogP contribution in [0, 0.1) is 19.7 Å². The first-order chi connectivity index (χ1) is 13.8. The van der Waals surface area contributed by atoms with Gasteiger partial charge in [0.05, 0.1) is 6.54 Å². The number of nitrogens with zero attached hydrogens (tertiary/aromatic N) is 1. The van der Waals surface area contributed by atoms with Crippen LogP contribution in [-0.2, 0) is 11.3 Å². The number of piperidine rings is 1. The summed E-state index contributed by atoms with van der Waals surface area (Å²) in [6.07, 6.45) is 1.12. The Morgan fingerprint density at radius 2 is 1.86 bits per heavy atom. The lowest BCUT2D eigenvalue weighted by Gasteiger charge is -2.37. The van der Waals surface area contributed by atoms with Crippen molar-refractivity contribution in [1.82, 2.24) is 10.2 Å². The molecule has 0 spiro atoms. The molecule has 1 fully saturated rings. The summed E-state index contributed by atoms with van der Waals surface area (Å²) in [5.41, 5.74) is 2.22. The van der Waals surface area contributed by atoms with Gasteiger partial charge in [-0.25, -0.2) is 4.39 Å². The summed E-state index contributed by atoms with van der Waals surface area (Å²) < 4.78 is 18.8. The molecule has 0 bridgehead atoms. The van der Waals surface area contributed by atoms with Gasteiger partial charge in [0.2, 0.25) is 5.91 Å². The lowest BCUT2D eigenvalue weighted by molar-refractivity contribution is -0.124. The van der Waals surface area contributed by atoms with Gasteiger partial charge in [-0.3, -0.25) is 9.69 Å². The highest BCUT2D eigenvalue weighted by molar-refractivity contribution is 5.78. The number of rotatable bonds is 7. The molecule has 1 amide bonds. The molecule has 0 unspecified atom stereocenters. The Hall–Kier alpha value is -2.44. The SMILES string of the molecule is Cc1ccc(OCC2(O)CCN(CC(=O)NCc3ccc(F)cc3)CC2)c(C)c1. The summed E-state index contributed by atoms with van der Waals surface area (Å²) in [5, 5.41) is 13.7. The first kappa shape index (κ1) is 21.3. The van der Waals surface area contributed by atoms with Crippen molar-refractivity contribution in [3.8, 4) is 5.75 Å². The van der Waals surface area contributed by atoms with E-state index in [4.69, 9.17) is 4.74 Å². The van der Waals surface area contributed by atoms with Crippen LogP contribution in [0.25, 0.3) is 0 Å². The molecule has 0 aliphatic carbocycles. The van der Waals surface area contributed by atoms with E-state index in [1.54, 1.807) is 12.1 Å². The van der Waals surface area contributed by atoms with Gasteiger partial charge in [-0.05, 0) is 56.0 Å². The minimum atomic E-state index is -0.877. The fraction of sp³-hybridized carbons (Fsp3) is 0.435. The maximum Gasteiger partial charge on any atom is 0.234 e. The monoisotopic (exact) mass is 400 g/mol. The smallest absolute Gasteiger partial charge is 0.234 e. The number of likely N-dealkylation sites (tertiary alicyclic amines) is 1. The van der Waals surface area contributed by atoms with Gasteiger partial charge in [-0.15, -0.1) is 0 Å². The predicted molar refractivity (Wildman–Crippen MR) is 110 cm³/mol. The molecule has 2 aromatic rings. The zero-order valence-corrected chi connectivity index (χ0v) is 17.1. The van der Waals surface area contributed by atoms with Gasteiger partial charge in [-0.1, -0.05) is 29.8 Å². The second-order valence-electron chi connectivity index (χ2n) is 7.96. The fourth-order valence-corrected chi connectivity index (χ4v) is 3.51. The minimum absolute atomic E-state index is 0.0775. The van der Waals surface area contributed by atoms with Gasteiger partial charge >= 0.3 is 0 Å². The molecule has 6 heteroatoms. The van der Waals surface area contributed by atoms with Crippen LogP contribution >= 0.6 is 0 Å². The summed E-state index contributed by atoms with van der Waals surface area (Å²) in [6, 6.07) is 12.1. The molecule has 2 aromatic carbocycles. The molecular weight excluding hydrogens is 371 g/mol. The number of aryl methyl sites for hydroxylation is 2. The number of carbonyl (C=O) groups excluding carboxylic acids is 1. The van der Waals surface area contributed by atoms with Crippen molar-refractivity contribution < 1.29 is 19.0 Å². The van der Waals surface area contributed by atoms with E-state index in [0.717, 1.165) is 16.9 Å². The summed E-state index contributed by atoms with van der Waals surface area (Å²) in [7, 11) is 0. The van der Waals surface area contributed by atoms with Crippen LogP contribution in [0.2, 0.25) is 0 Å². The molecule has 0 aromatic heterocycles. The van der Waals surface area contributed by atoms with Crippen molar-refractivity contribution in [3.05, 3.63) is 65.0 Å². The summed E-state index contributed by atoms with van der Waals surface area (Å²) in [4.78, 5) is 14.2. The normalized spacial score (nSPS) is 16.4. The number of ether oxygens (including phenoxy) is 1.